The van der Waals surface area contributed by atoms with Crippen LogP contribution in [0.15, 0.2) is 29.8 Å². The first-order valence-electron chi connectivity index (χ1n) is 6.18. The molecule has 0 aromatic carbocycles. The third-order valence-electron chi connectivity index (χ3n) is 2.56. The quantitative estimate of drug-likeness (QED) is 0.828. The van der Waals surface area contributed by atoms with Crippen LogP contribution in [-0.2, 0) is 6.54 Å². The van der Waals surface area contributed by atoms with Crippen molar-refractivity contribution in [3.05, 3.63) is 35.5 Å². The average Bonchev–Trinajstić information content (AvgIpc) is 2.87. The second kappa shape index (κ2) is 6.81. The average molecular weight is 301 g/mol. The van der Waals surface area contributed by atoms with Crippen LogP contribution in [0.1, 0.15) is 18.5 Å². The maximum atomic E-state index is 12.0. The standard InChI is InChI=1S/C13H14F3N3S/c14-13(15,16)5-3-6-17-8-10-9-20-12(19-10)11-4-1-2-7-18-11/h1-2,4,7,9,17H,3,5-6,8H2. The summed E-state index contributed by atoms with van der Waals surface area (Å²) in [4.78, 5) is 8.60. The van der Waals surface area contributed by atoms with Crippen LogP contribution < -0.4 is 5.32 Å². The SMILES string of the molecule is FC(F)(F)CCCNCc1csc(-c2ccccn2)n1. The molecule has 0 atom stereocenters. The lowest BCUT2D eigenvalue weighted by Crippen LogP contribution is -2.17. The summed E-state index contributed by atoms with van der Waals surface area (Å²) in [7, 11) is 0. The van der Waals surface area contributed by atoms with Gasteiger partial charge in [-0.3, -0.25) is 4.98 Å². The number of hydrogen-bond donors (Lipinski definition) is 1. The Morgan fingerprint density at radius 3 is 2.80 bits per heavy atom. The van der Waals surface area contributed by atoms with Crippen molar-refractivity contribution in [2.24, 2.45) is 0 Å². The number of halogens is 3. The van der Waals surface area contributed by atoms with E-state index in [1.807, 2.05) is 23.6 Å². The van der Waals surface area contributed by atoms with Crippen molar-refractivity contribution < 1.29 is 13.2 Å². The van der Waals surface area contributed by atoms with Gasteiger partial charge in [-0.05, 0) is 25.1 Å². The molecular weight excluding hydrogens is 287 g/mol. The Bertz CT molecular complexity index is 525. The van der Waals surface area contributed by atoms with Gasteiger partial charge in [0.25, 0.3) is 0 Å². The summed E-state index contributed by atoms with van der Waals surface area (Å²) in [6.45, 7) is 0.803. The summed E-state index contributed by atoms with van der Waals surface area (Å²) in [5.41, 5.74) is 1.63. The first-order valence-corrected chi connectivity index (χ1v) is 7.06. The van der Waals surface area contributed by atoms with E-state index >= 15 is 0 Å². The maximum absolute atomic E-state index is 12.0. The largest absolute Gasteiger partial charge is 0.389 e. The predicted octanol–water partition coefficient (Wildman–Crippen LogP) is 3.64. The molecule has 0 aliphatic heterocycles. The lowest BCUT2D eigenvalue weighted by Gasteiger charge is -2.06. The van der Waals surface area contributed by atoms with Crippen molar-refractivity contribution in [2.45, 2.75) is 25.6 Å². The number of hydrogen-bond acceptors (Lipinski definition) is 4. The van der Waals surface area contributed by atoms with Crippen LogP contribution in [0.3, 0.4) is 0 Å². The van der Waals surface area contributed by atoms with Gasteiger partial charge in [-0.2, -0.15) is 13.2 Å². The van der Waals surface area contributed by atoms with Gasteiger partial charge in [-0.15, -0.1) is 11.3 Å². The van der Waals surface area contributed by atoms with E-state index in [1.54, 1.807) is 6.20 Å². The van der Waals surface area contributed by atoms with Crippen LogP contribution in [0.5, 0.6) is 0 Å². The van der Waals surface area contributed by atoms with Crippen LogP contribution in [0.25, 0.3) is 10.7 Å². The van der Waals surface area contributed by atoms with E-state index < -0.39 is 12.6 Å². The Morgan fingerprint density at radius 1 is 1.25 bits per heavy atom. The Kier molecular flexibility index (Phi) is 5.08. The molecule has 20 heavy (non-hydrogen) atoms. The normalized spacial score (nSPS) is 11.8. The number of rotatable bonds is 6. The predicted molar refractivity (Wildman–Crippen MR) is 72.3 cm³/mol. The highest BCUT2D eigenvalue weighted by molar-refractivity contribution is 7.13. The molecule has 0 fully saturated rings. The molecule has 0 saturated heterocycles. The molecule has 1 N–H and O–H groups in total. The van der Waals surface area contributed by atoms with Crippen molar-refractivity contribution >= 4 is 11.3 Å². The number of pyridine rings is 1. The monoisotopic (exact) mass is 301 g/mol. The lowest BCUT2D eigenvalue weighted by molar-refractivity contribution is -0.135. The Balaban J connectivity index is 1.76. The highest BCUT2D eigenvalue weighted by Gasteiger charge is 2.25. The van der Waals surface area contributed by atoms with Gasteiger partial charge in [0.2, 0.25) is 0 Å². The molecule has 0 unspecified atom stereocenters. The van der Waals surface area contributed by atoms with Gasteiger partial charge in [-0.1, -0.05) is 6.07 Å². The van der Waals surface area contributed by atoms with Gasteiger partial charge in [0, 0.05) is 24.5 Å². The first kappa shape index (κ1) is 14.9. The molecule has 108 valence electrons. The molecule has 7 heteroatoms. The number of aromatic nitrogens is 2. The molecule has 0 spiro atoms. The minimum absolute atomic E-state index is 0.0841. The molecule has 2 rings (SSSR count). The molecule has 2 heterocycles. The fourth-order valence-electron chi connectivity index (χ4n) is 1.63. The number of thiazole rings is 1. The minimum atomic E-state index is -4.07. The van der Waals surface area contributed by atoms with E-state index in [0.29, 0.717) is 13.1 Å². The fraction of sp³-hybridized carbons (Fsp3) is 0.385. The number of alkyl halides is 3. The zero-order valence-electron chi connectivity index (χ0n) is 10.7. The van der Waals surface area contributed by atoms with Gasteiger partial charge < -0.3 is 5.32 Å². The Labute approximate surface area is 118 Å². The fourth-order valence-corrected chi connectivity index (χ4v) is 2.42. The van der Waals surface area contributed by atoms with Crippen molar-refractivity contribution in [1.82, 2.24) is 15.3 Å². The Morgan fingerprint density at radius 2 is 2.10 bits per heavy atom. The molecule has 0 aliphatic carbocycles. The van der Waals surface area contributed by atoms with Gasteiger partial charge in [0.05, 0.1) is 11.4 Å². The van der Waals surface area contributed by atoms with E-state index in [0.717, 1.165) is 16.4 Å². The molecule has 0 radical (unpaired) electrons. The molecule has 0 amide bonds. The van der Waals surface area contributed by atoms with E-state index in [1.165, 1.54) is 11.3 Å². The molecule has 2 aromatic rings. The van der Waals surface area contributed by atoms with Gasteiger partial charge in [0.1, 0.15) is 5.01 Å². The van der Waals surface area contributed by atoms with Gasteiger partial charge in [-0.25, -0.2) is 4.98 Å². The second-order valence-electron chi connectivity index (χ2n) is 4.25. The molecule has 0 aliphatic rings. The molecule has 3 nitrogen and oxygen atoms in total. The van der Waals surface area contributed by atoms with E-state index in [9.17, 15) is 13.2 Å². The van der Waals surface area contributed by atoms with Gasteiger partial charge >= 0.3 is 6.18 Å². The maximum Gasteiger partial charge on any atom is 0.389 e. The van der Waals surface area contributed by atoms with Crippen LogP contribution >= 0.6 is 11.3 Å². The zero-order valence-corrected chi connectivity index (χ0v) is 11.5. The summed E-state index contributed by atoms with van der Waals surface area (Å²) in [5, 5.41) is 5.67. The summed E-state index contributed by atoms with van der Waals surface area (Å²) in [6, 6.07) is 5.60. The molecule has 2 aromatic heterocycles. The lowest BCUT2D eigenvalue weighted by atomic mass is 10.3. The second-order valence-corrected chi connectivity index (χ2v) is 5.11. The van der Waals surface area contributed by atoms with Crippen molar-refractivity contribution in [3.63, 3.8) is 0 Å². The van der Waals surface area contributed by atoms with Crippen molar-refractivity contribution in [2.75, 3.05) is 6.54 Å². The van der Waals surface area contributed by atoms with Crippen molar-refractivity contribution in [3.8, 4) is 10.7 Å². The molecule has 0 saturated carbocycles. The minimum Gasteiger partial charge on any atom is -0.311 e. The third kappa shape index (κ3) is 4.90. The summed E-state index contributed by atoms with van der Waals surface area (Å²) < 4.78 is 35.9. The van der Waals surface area contributed by atoms with E-state index in [-0.39, 0.29) is 6.42 Å². The molecule has 0 bridgehead atoms. The van der Waals surface area contributed by atoms with Crippen LogP contribution in [0.4, 0.5) is 13.2 Å². The number of nitrogens with one attached hydrogen (secondary N) is 1. The smallest absolute Gasteiger partial charge is 0.311 e. The summed E-state index contributed by atoms with van der Waals surface area (Å²) >= 11 is 1.48. The van der Waals surface area contributed by atoms with E-state index in [2.05, 4.69) is 15.3 Å². The topological polar surface area (TPSA) is 37.8 Å². The summed E-state index contributed by atoms with van der Waals surface area (Å²) in [6.07, 6.45) is -3.04. The van der Waals surface area contributed by atoms with Gasteiger partial charge in [0.15, 0.2) is 0 Å². The highest BCUT2D eigenvalue weighted by atomic mass is 32.1. The van der Waals surface area contributed by atoms with E-state index in [4.69, 9.17) is 0 Å². The first-order chi connectivity index (χ1) is 9.54. The van der Waals surface area contributed by atoms with Crippen LogP contribution in [0.2, 0.25) is 0 Å². The number of nitrogens with zero attached hydrogens (tertiary/aromatic N) is 2. The van der Waals surface area contributed by atoms with Crippen LogP contribution in [-0.4, -0.2) is 22.7 Å². The van der Waals surface area contributed by atoms with Crippen LogP contribution in [0, 0.1) is 0 Å². The Hall–Kier alpha value is -1.47. The van der Waals surface area contributed by atoms with Crippen molar-refractivity contribution in [1.29, 1.82) is 0 Å². The molecular formula is C13H14F3N3S. The third-order valence-corrected chi connectivity index (χ3v) is 3.47. The highest BCUT2D eigenvalue weighted by Crippen LogP contribution is 2.22. The summed E-state index contributed by atoms with van der Waals surface area (Å²) in [5.74, 6) is 0. The zero-order chi connectivity index (χ0) is 14.4.